The zero-order chi connectivity index (χ0) is 13.1. The standard InChI is InChI=1S/C15H20N2OS/c18-10-1-2-13-5-11-19-15(13)12-16-6-8-17(9-7-16)14-3-4-14/h5,11,14,18H,3-4,6-10,12H2. The Morgan fingerprint density at radius 2 is 2.05 bits per heavy atom. The highest BCUT2D eigenvalue weighted by molar-refractivity contribution is 7.10. The molecule has 0 unspecified atom stereocenters. The second kappa shape index (κ2) is 6.06. The van der Waals surface area contributed by atoms with Crippen LogP contribution >= 0.6 is 11.3 Å². The fourth-order valence-corrected chi connectivity index (χ4v) is 3.51. The van der Waals surface area contributed by atoms with Gasteiger partial charge in [-0.25, -0.2) is 0 Å². The van der Waals surface area contributed by atoms with E-state index in [1.165, 1.54) is 43.9 Å². The van der Waals surface area contributed by atoms with E-state index < -0.39 is 0 Å². The Bertz CT molecular complexity index is 476. The van der Waals surface area contributed by atoms with Gasteiger partial charge in [0.15, 0.2) is 0 Å². The maximum absolute atomic E-state index is 8.78. The number of nitrogens with zero attached hydrogens (tertiary/aromatic N) is 2. The number of hydrogen-bond donors (Lipinski definition) is 1. The van der Waals surface area contributed by atoms with E-state index >= 15 is 0 Å². The van der Waals surface area contributed by atoms with Gasteiger partial charge >= 0.3 is 0 Å². The minimum atomic E-state index is -0.0602. The highest BCUT2D eigenvalue weighted by Gasteiger charge is 2.31. The molecule has 0 bridgehead atoms. The van der Waals surface area contributed by atoms with Gasteiger partial charge in [0.05, 0.1) is 0 Å². The van der Waals surface area contributed by atoms with Crippen molar-refractivity contribution in [2.24, 2.45) is 0 Å². The molecule has 0 atom stereocenters. The van der Waals surface area contributed by atoms with E-state index in [1.807, 2.05) is 0 Å². The molecule has 3 rings (SSSR count). The van der Waals surface area contributed by atoms with E-state index in [0.29, 0.717) is 0 Å². The number of rotatable bonds is 3. The molecule has 1 saturated heterocycles. The maximum Gasteiger partial charge on any atom is 0.104 e. The third kappa shape index (κ3) is 3.37. The van der Waals surface area contributed by atoms with Crippen molar-refractivity contribution in [3.63, 3.8) is 0 Å². The molecule has 1 saturated carbocycles. The molecule has 0 aromatic carbocycles. The lowest BCUT2D eigenvalue weighted by atomic mass is 10.2. The van der Waals surface area contributed by atoms with Crippen molar-refractivity contribution in [2.75, 3.05) is 32.8 Å². The number of hydrogen-bond acceptors (Lipinski definition) is 4. The van der Waals surface area contributed by atoms with Crippen LogP contribution in [0.4, 0.5) is 0 Å². The Labute approximate surface area is 118 Å². The van der Waals surface area contributed by atoms with Gasteiger partial charge in [0, 0.05) is 49.2 Å². The average molecular weight is 276 g/mol. The summed E-state index contributed by atoms with van der Waals surface area (Å²) in [6, 6.07) is 2.96. The summed E-state index contributed by atoms with van der Waals surface area (Å²) < 4.78 is 0. The van der Waals surface area contributed by atoms with Crippen LogP contribution in [0.2, 0.25) is 0 Å². The Morgan fingerprint density at radius 1 is 1.26 bits per heavy atom. The molecule has 1 aromatic rings. The van der Waals surface area contributed by atoms with E-state index in [1.54, 1.807) is 11.3 Å². The van der Waals surface area contributed by atoms with Crippen molar-refractivity contribution in [3.05, 3.63) is 21.9 Å². The first-order chi connectivity index (χ1) is 9.36. The fourth-order valence-electron chi connectivity index (χ4n) is 2.64. The van der Waals surface area contributed by atoms with Gasteiger partial charge in [0.2, 0.25) is 0 Å². The summed E-state index contributed by atoms with van der Waals surface area (Å²) in [7, 11) is 0. The number of aliphatic hydroxyl groups is 1. The Balaban J connectivity index is 1.55. The lowest BCUT2D eigenvalue weighted by molar-refractivity contribution is 0.122. The smallest absolute Gasteiger partial charge is 0.104 e. The lowest BCUT2D eigenvalue weighted by Crippen LogP contribution is -2.46. The molecule has 1 aliphatic heterocycles. The summed E-state index contributed by atoms with van der Waals surface area (Å²) in [5.41, 5.74) is 1.09. The third-order valence-corrected chi connectivity index (χ3v) is 4.79. The van der Waals surface area contributed by atoms with Crippen molar-refractivity contribution in [1.82, 2.24) is 9.80 Å². The first kappa shape index (κ1) is 13.1. The SMILES string of the molecule is OCC#Cc1ccsc1CN1CCN(C2CC2)CC1. The normalized spacial score (nSPS) is 21.1. The van der Waals surface area contributed by atoms with Gasteiger partial charge in [-0.3, -0.25) is 9.80 Å². The Hall–Kier alpha value is -0.860. The molecular weight excluding hydrogens is 256 g/mol. The minimum Gasteiger partial charge on any atom is -0.384 e. The predicted molar refractivity (Wildman–Crippen MR) is 78.2 cm³/mol. The third-order valence-electron chi connectivity index (χ3n) is 3.88. The van der Waals surface area contributed by atoms with Crippen LogP contribution in [0.25, 0.3) is 0 Å². The molecule has 4 heteroatoms. The minimum absolute atomic E-state index is 0.0602. The monoisotopic (exact) mass is 276 g/mol. The molecule has 0 radical (unpaired) electrons. The van der Waals surface area contributed by atoms with E-state index in [2.05, 4.69) is 33.1 Å². The molecule has 1 aromatic heterocycles. The van der Waals surface area contributed by atoms with Crippen LogP contribution in [0.3, 0.4) is 0 Å². The van der Waals surface area contributed by atoms with Crippen LogP contribution in [0.1, 0.15) is 23.3 Å². The summed E-state index contributed by atoms with van der Waals surface area (Å²) in [5.74, 6) is 5.79. The van der Waals surface area contributed by atoms with Crippen LogP contribution in [0.15, 0.2) is 11.4 Å². The van der Waals surface area contributed by atoms with Gasteiger partial charge in [-0.15, -0.1) is 11.3 Å². The van der Waals surface area contributed by atoms with Crippen molar-refractivity contribution in [1.29, 1.82) is 0 Å². The van der Waals surface area contributed by atoms with Crippen molar-refractivity contribution < 1.29 is 5.11 Å². The first-order valence-corrected chi connectivity index (χ1v) is 7.87. The molecule has 2 aliphatic rings. The van der Waals surface area contributed by atoms with Crippen molar-refractivity contribution in [2.45, 2.75) is 25.4 Å². The van der Waals surface area contributed by atoms with E-state index in [0.717, 1.165) is 18.2 Å². The van der Waals surface area contributed by atoms with Crippen LogP contribution < -0.4 is 0 Å². The molecule has 0 amide bonds. The van der Waals surface area contributed by atoms with Crippen LogP contribution in [-0.2, 0) is 6.54 Å². The van der Waals surface area contributed by atoms with Gasteiger partial charge in [-0.05, 0) is 24.3 Å². The van der Waals surface area contributed by atoms with Crippen molar-refractivity contribution >= 4 is 11.3 Å². The second-order valence-electron chi connectivity index (χ2n) is 5.26. The average Bonchev–Trinajstić information content (AvgIpc) is 3.19. The molecule has 2 fully saturated rings. The van der Waals surface area contributed by atoms with Gasteiger partial charge in [-0.1, -0.05) is 11.8 Å². The molecular formula is C15H20N2OS. The van der Waals surface area contributed by atoms with Crippen LogP contribution in [0.5, 0.6) is 0 Å². The van der Waals surface area contributed by atoms with Crippen LogP contribution in [0, 0.1) is 11.8 Å². The van der Waals surface area contributed by atoms with E-state index in [-0.39, 0.29) is 6.61 Å². The topological polar surface area (TPSA) is 26.7 Å². The van der Waals surface area contributed by atoms with E-state index in [4.69, 9.17) is 5.11 Å². The fraction of sp³-hybridized carbons (Fsp3) is 0.600. The molecule has 19 heavy (non-hydrogen) atoms. The summed E-state index contributed by atoms with van der Waals surface area (Å²) in [4.78, 5) is 6.49. The highest BCUT2D eigenvalue weighted by atomic mass is 32.1. The largest absolute Gasteiger partial charge is 0.384 e. The highest BCUT2D eigenvalue weighted by Crippen LogP contribution is 2.28. The Kier molecular flexibility index (Phi) is 4.19. The van der Waals surface area contributed by atoms with Gasteiger partial charge < -0.3 is 5.11 Å². The molecule has 2 heterocycles. The zero-order valence-corrected chi connectivity index (χ0v) is 12.0. The molecule has 0 spiro atoms. The summed E-state index contributed by atoms with van der Waals surface area (Å²) in [5, 5.41) is 10.9. The lowest BCUT2D eigenvalue weighted by Gasteiger charge is -2.34. The zero-order valence-electron chi connectivity index (χ0n) is 11.1. The van der Waals surface area contributed by atoms with Gasteiger partial charge in [0.25, 0.3) is 0 Å². The predicted octanol–water partition coefficient (Wildman–Crippen LogP) is 1.37. The van der Waals surface area contributed by atoms with Gasteiger partial charge in [-0.2, -0.15) is 0 Å². The number of piperazine rings is 1. The number of aliphatic hydroxyl groups excluding tert-OH is 1. The Morgan fingerprint density at radius 3 is 2.74 bits per heavy atom. The second-order valence-corrected chi connectivity index (χ2v) is 6.26. The maximum atomic E-state index is 8.78. The molecule has 1 aliphatic carbocycles. The van der Waals surface area contributed by atoms with Crippen molar-refractivity contribution in [3.8, 4) is 11.8 Å². The van der Waals surface area contributed by atoms with Crippen LogP contribution in [-0.4, -0.2) is 53.7 Å². The van der Waals surface area contributed by atoms with E-state index in [9.17, 15) is 0 Å². The molecule has 3 nitrogen and oxygen atoms in total. The first-order valence-electron chi connectivity index (χ1n) is 6.99. The van der Waals surface area contributed by atoms with Gasteiger partial charge in [0.1, 0.15) is 6.61 Å². The quantitative estimate of drug-likeness (QED) is 0.845. The number of thiophene rings is 1. The molecule has 1 N–H and O–H groups in total. The molecule has 102 valence electrons. The summed E-state index contributed by atoms with van der Waals surface area (Å²) >= 11 is 1.77. The summed E-state index contributed by atoms with van der Waals surface area (Å²) in [6.07, 6.45) is 2.82. The summed E-state index contributed by atoms with van der Waals surface area (Å²) in [6.45, 7) is 5.71.